The average Bonchev–Trinajstić information content (AvgIpc) is 2.73. The maximum absolute atomic E-state index is 12.9. The number of nitrogens with zero attached hydrogens (tertiary/aromatic N) is 1. The molecule has 0 radical (unpaired) electrons. The van der Waals surface area contributed by atoms with Crippen molar-refractivity contribution in [1.29, 1.82) is 0 Å². The van der Waals surface area contributed by atoms with Crippen LogP contribution in [-0.4, -0.2) is 33.7 Å². The van der Waals surface area contributed by atoms with Gasteiger partial charge in [0.05, 0.1) is 11.1 Å². The average molecular weight is 436 g/mol. The van der Waals surface area contributed by atoms with Crippen molar-refractivity contribution in [3.05, 3.63) is 70.8 Å². The number of hydrogen-bond donors (Lipinski definition) is 1. The molecule has 0 saturated carbocycles. The van der Waals surface area contributed by atoms with Crippen molar-refractivity contribution in [2.75, 3.05) is 6.26 Å². The summed E-state index contributed by atoms with van der Waals surface area (Å²) in [5, 5.41) is 10.9. The standard InChI is InChI=1S/C25H25NO4S/c1-15-12-17(13-16(2)22(15)30-25(3,4)24(28)29)10-11-21(27)19-14-18-8-6-7-9-20(18)26-23(19)31-5/h6-14H,1-5H3,(H,28,29). The highest BCUT2D eigenvalue weighted by molar-refractivity contribution is 7.98. The summed E-state index contributed by atoms with van der Waals surface area (Å²) in [6.07, 6.45) is 5.21. The third-order valence-corrected chi connectivity index (χ3v) is 5.63. The Balaban J connectivity index is 1.89. The Hall–Kier alpha value is -3.12. The highest BCUT2D eigenvalue weighted by atomic mass is 32.2. The van der Waals surface area contributed by atoms with Crippen LogP contribution < -0.4 is 4.74 Å². The van der Waals surface area contributed by atoms with Crippen LogP contribution in [0.2, 0.25) is 0 Å². The zero-order chi connectivity index (χ0) is 22.8. The van der Waals surface area contributed by atoms with Gasteiger partial charge in [0.2, 0.25) is 0 Å². The summed E-state index contributed by atoms with van der Waals surface area (Å²) in [6, 6.07) is 13.3. The van der Waals surface area contributed by atoms with Crippen LogP contribution in [0.4, 0.5) is 0 Å². The monoisotopic (exact) mass is 435 g/mol. The number of pyridine rings is 1. The van der Waals surface area contributed by atoms with E-state index in [9.17, 15) is 14.7 Å². The van der Waals surface area contributed by atoms with Crippen molar-refractivity contribution in [3.8, 4) is 5.75 Å². The van der Waals surface area contributed by atoms with Gasteiger partial charge >= 0.3 is 5.97 Å². The lowest BCUT2D eigenvalue weighted by Crippen LogP contribution is -2.38. The number of carbonyl (C=O) groups excluding carboxylic acids is 1. The lowest BCUT2D eigenvalue weighted by atomic mass is 10.0. The van der Waals surface area contributed by atoms with Gasteiger partial charge < -0.3 is 9.84 Å². The lowest BCUT2D eigenvalue weighted by Gasteiger charge is -2.24. The topological polar surface area (TPSA) is 76.5 Å². The molecule has 1 heterocycles. The summed E-state index contributed by atoms with van der Waals surface area (Å²) in [6.45, 7) is 6.75. The fourth-order valence-corrected chi connectivity index (χ4v) is 3.80. The molecule has 0 aliphatic heterocycles. The van der Waals surface area contributed by atoms with E-state index in [1.807, 2.05) is 62.6 Å². The molecule has 2 aromatic carbocycles. The third kappa shape index (κ3) is 4.97. The molecule has 1 N–H and O–H groups in total. The van der Waals surface area contributed by atoms with Gasteiger partial charge in [0, 0.05) is 5.39 Å². The number of thioether (sulfide) groups is 1. The Morgan fingerprint density at radius 1 is 1.10 bits per heavy atom. The van der Waals surface area contributed by atoms with Gasteiger partial charge in [-0.3, -0.25) is 4.79 Å². The zero-order valence-electron chi connectivity index (χ0n) is 18.2. The van der Waals surface area contributed by atoms with E-state index in [4.69, 9.17) is 4.74 Å². The van der Waals surface area contributed by atoms with E-state index in [1.54, 1.807) is 12.2 Å². The summed E-state index contributed by atoms with van der Waals surface area (Å²) in [4.78, 5) is 28.9. The minimum Gasteiger partial charge on any atom is -0.478 e. The van der Waals surface area contributed by atoms with E-state index in [0.717, 1.165) is 27.6 Å². The number of rotatable bonds is 7. The summed E-state index contributed by atoms with van der Waals surface area (Å²) in [5.74, 6) is -0.612. The number of ether oxygens (including phenoxy) is 1. The molecule has 3 rings (SSSR count). The molecule has 6 heteroatoms. The van der Waals surface area contributed by atoms with E-state index in [0.29, 0.717) is 16.3 Å². The molecule has 160 valence electrons. The number of carboxylic acids is 1. The van der Waals surface area contributed by atoms with Crippen LogP contribution >= 0.6 is 11.8 Å². The predicted octanol–water partition coefficient (Wildman–Crippen LogP) is 5.71. The number of fused-ring (bicyclic) bond motifs is 1. The van der Waals surface area contributed by atoms with Crippen molar-refractivity contribution < 1.29 is 19.4 Å². The van der Waals surface area contributed by atoms with Gasteiger partial charge in [-0.05, 0) is 81.0 Å². The van der Waals surface area contributed by atoms with Crippen molar-refractivity contribution in [3.63, 3.8) is 0 Å². The lowest BCUT2D eigenvalue weighted by molar-refractivity contribution is -0.152. The predicted molar refractivity (Wildman–Crippen MR) is 125 cm³/mol. The minimum atomic E-state index is -1.33. The normalized spacial score (nSPS) is 11.8. The Morgan fingerprint density at radius 3 is 2.35 bits per heavy atom. The van der Waals surface area contributed by atoms with Crippen LogP contribution in [0.25, 0.3) is 17.0 Å². The highest BCUT2D eigenvalue weighted by Gasteiger charge is 2.30. The molecule has 0 spiro atoms. The van der Waals surface area contributed by atoms with Crippen LogP contribution in [0.3, 0.4) is 0 Å². The summed E-state index contributed by atoms with van der Waals surface area (Å²) >= 11 is 1.44. The molecular weight excluding hydrogens is 410 g/mol. The van der Waals surface area contributed by atoms with E-state index in [-0.39, 0.29) is 5.78 Å². The molecule has 0 aliphatic carbocycles. The van der Waals surface area contributed by atoms with Gasteiger partial charge in [-0.15, -0.1) is 11.8 Å². The number of aryl methyl sites for hydroxylation is 2. The van der Waals surface area contributed by atoms with Crippen molar-refractivity contribution >= 4 is 40.5 Å². The first-order valence-electron chi connectivity index (χ1n) is 9.82. The van der Waals surface area contributed by atoms with Gasteiger partial charge in [0.15, 0.2) is 11.4 Å². The quantitative estimate of drug-likeness (QED) is 0.291. The summed E-state index contributed by atoms with van der Waals surface area (Å²) in [7, 11) is 0. The van der Waals surface area contributed by atoms with Crippen molar-refractivity contribution in [2.24, 2.45) is 0 Å². The van der Waals surface area contributed by atoms with Crippen LogP contribution in [-0.2, 0) is 4.79 Å². The number of ketones is 1. The second-order valence-corrected chi connectivity index (χ2v) is 8.63. The summed E-state index contributed by atoms with van der Waals surface area (Å²) < 4.78 is 5.74. The first-order chi connectivity index (χ1) is 14.6. The number of para-hydroxylation sites is 1. The number of benzene rings is 2. The third-order valence-electron chi connectivity index (χ3n) is 4.93. The Kier molecular flexibility index (Phi) is 6.51. The first-order valence-corrected chi connectivity index (χ1v) is 11.0. The molecule has 1 aromatic heterocycles. The largest absolute Gasteiger partial charge is 0.478 e. The SMILES string of the molecule is CSc1nc2ccccc2cc1C(=O)C=Cc1cc(C)c(OC(C)(C)C(=O)O)c(C)c1. The molecule has 0 fully saturated rings. The maximum Gasteiger partial charge on any atom is 0.347 e. The summed E-state index contributed by atoms with van der Waals surface area (Å²) in [5.41, 5.74) is 2.54. The highest BCUT2D eigenvalue weighted by Crippen LogP contribution is 2.29. The maximum atomic E-state index is 12.9. The molecule has 0 unspecified atom stereocenters. The van der Waals surface area contributed by atoms with Crippen molar-refractivity contribution in [2.45, 2.75) is 38.3 Å². The number of aliphatic carboxylic acids is 1. The second kappa shape index (κ2) is 8.94. The fourth-order valence-electron chi connectivity index (χ4n) is 3.23. The molecule has 0 aliphatic rings. The van der Waals surface area contributed by atoms with Crippen LogP contribution in [0.5, 0.6) is 5.75 Å². The Labute approximate surface area is 186 Å². The first kappa shape index (κ1) is 22.6. The smallest absolute Gasteiger partial charge is 0.347 e. The molecule has 5 nitrogen and oxygen atoms in total. The fraction of sp³-hybridized carbons (Fsp3) is 0.240. The van der Waals surface area contributed by atoms with E-state index in [1.165, 1.54) is 25.6 Å². The second-order valence-electron chi connectivity index (χ2n) is 7.84. The zero-order valence-corrected chi connectivity index (χ0v) is 19.0. The van der Waals surface area contributed by atoms with Gasteiger partial charge in [-0.2, -0.15) is 0 Å². The number of carbonyl (C=O) groups is 2. The van der Waals surface area contributed by atoms with Crippen LogP contribution in [0.15, 0.2) is 53.6 Å². The molecule has 3 aromatic rings. The van der Waals surface area contributed by atoms with E-state index < -0.39 is 11.6 Å². The van der Waals surface area contributed by atoms with Gasteiger partial charge in [-0.1, -0.05) is 24.3 Å². The number of carboxylic acid groups (broad SMARTS) is 1. The van der Waals surface area contributed by atoms with Gasteiger partial charge in [-0.25, -0.2) is 9.78 Å². The van der Waals surface area contributed by atoms with Crippen molar-refractivity contribution in [1.82, 2.24) is 4.98 Å². The molecule has 0 bridgehead atoms. The van der Waals surface area contributed by atoms with Gasteiger partial charge in [0.25, 0.3) is 0 Å². The number of allylic oxidation sites excluding steroid dienone is 1. The van der Waals surface area contributed by atoms with E-state index >= 15 is 0 Å². The Bertz CT molecular complexity index is 1170. The molecule has 0 saturated heterocycles. The molecule has 31 heavy (non-hydrogen) atoms. The minimum absolute atomic E-state index is 0.120. The molecule has 0 amide bonds. The number of aromatic nitrogens is 1. The van der Waals surface area contributed by atoms with E-state index in [2.05, 4.69) is 4.98 Å². The molecular formula is C25H25NO4S. The van der Waals surface area contributed by atoms with Crippen LogP contribution in [0, 0.1) is 13.8 Å². The number of hydrogen-bond acceptors (Lipinski definition) is 5. The van der Waals surface area contributed by atoms with Crippen LogP contribution in [0.1, 0.15) is 40.9 Å². The Morgan fingerprint density at radius 2 is 1.74 bits per heavy atom. The van der Waals surface area contributed by atoms with Gasteiger partial charge in [0.1, 0.15) is 10.8 Å². The molecule has 0 atom stereocenters.